The maximum atomic E-state index is 11.4. The van der Waals surface area contributed by atoms with Crippen LogP contribution in [0, 0.1) is 5.41 Å². The fourth-order valence-corrected chi connectivity index (χ4v) is 2.87. The van der Waals surface area contributed by atoms with E-state index in [0.29, 0.717) is 21.5 Å². The van der Waals surface area contributed by atoms with Gasteiger partial charge in [0.15, 0.2) is 9.84 Å². The van der Waals surface area contributed by atoms with Crippen molar-refractivity contribution in [3.63, 3.8) is 0 Å². The molecule has 0 heterocycles. The summed E-state index contributed by atoms with van der Waals surface area (Å²) in [5.41, 5.74) is 6.01. The van der Waals surface area contributed by atoms with Gasteiger partial charge in [-0.3, -0.25) is 5.41 Å². The Balaban J connectivity index is 2.23. The molecule has 0 aromatic heterocycles. The number of nitrogens with two attached hydrogens (primary N) is 1. The largest absolute Gasteiger partial charge is 0.457 e. The summed E-state index contributed by atoms with van der Waals surface area (Å²) in [6, 6.07) is 11.2. The summed E-state index contributed by atoms with van der Waals surface area (Å²) in [6.45, 7) is 0. The smallest absolute Gasteiger partial charge is 0.175 e. The highest BCUT2D eigenvalue weighted by molar-refractivity contribution is 9.10. The normalized spacial score (nSPS) is 11.1. The van der Waals surface area contributed by atoms with E-state index in [1.165, 1.54) is 12.1 Å². The zero-order valence-corrected chi connectivity index (χ0v) is 13.5. The van der Waals surface area contributed by atoms with Crippen LogP contribution in [-0.4, -0.2) is 20.5 Å². The van der Waals surface area contributed by atoms with E-state index in [-0.39, 0.29) is 10.7 Å². The van der Waals surface area contributed by atoms with Crippen LogP contribution in [0.4, 0.5) is 0 Å². The molecule has 0 saturated heterocycles. The first-order valence-electron chi connectivity index (χ1n) is 5.89. The topological polar surface area (TPSA) is 93.2 Å². The number of amidine groups is 1. The zero-order chi connectivity index (χ0) is 15.6. The molecule has 2 aromatic rings. The first-order chi connectivity index (χ1) is 9.77. The highest BCUT2D eigenvalue weighted by Crippen LogP contribution is 2.27. The average molecular weight is 369 g/mol. The second kappa shape index (κ2) is 5.87. The van der Waals surface area contributed by atoms with Gasteiger partial charge in [-0.15, -0.1) is 0 Å². The van der Waals surface area contributed by atoms with Crippen molar-refractivity contribution in [3.8, 4) is 11.5 Å². The number of hydrogen-bond acceptors (Lipinski definition) is 4. The number of hydrogen-bond donors (Lipinski definition) is 2. The van der Waals surface area contributed by atoms with Gasteiger partial charge in [-0.05, 0) is 58.4 Å². The molecule has 0 aliphatic heterocycles. The molecule has 2 rings (SSSR count). The number of nitrogens with one attached hydrogen (secondary N) is 1. The summed E-state index contributed by atoms with van der Waals surface area (Å²) in [4.78, 5) is 0.239. The fraction of sp³-hybridized carbons (Fsp3) is 0.0714. The second-order valence-corrected chi connectivity index (χ2v) is 7.27. The van der Waals surface area contributed by atoms with Gasteiger partial charge in [0.1, 0.15) is 17.3 Å². The Kier molecular flexibility index (Phi) is 4.34. The van der Waals surface area contributed by atoms with Gasteiger partial charge in [0.05, 0.1) is 4.90 Å². The lowest BCUT2D eigenvalue weighted by Crippen LogP contribution is -2.11. The minimum absolute atomic E-state index is 0.0362. The summed E-state index contributed by atoms with van der Waals surface area (Å²) in [6.07, 6.45) is 1.15. The molecule has 5 nitrogen and oxygen atoms in total. The monoisotopic (exact) mass is 368 g/mol. The molecule has 0 bridgehead atoms. The summed E-state index contributed by atoms with van der Waals surface area (Å²) in [7, 11) is -3.21. The van der Waals surface area contributed by atoms with Gasteiger partial charge in [-0.25, -0.2) is 8.42 Å². The Morgan fingerprint density at radius 2 is 1.71 bits per heavy atom. The number of sulfone groups is 1. The fourth-order valence-electron chi connectivity index (χ4n) is 1.67. The number of benzene rings is 2. The van der Waals surface area contributed by atoms with Crippen molar-refractivity contribution in [2.75, 3.05) is 6.26 Å². The Bertz CT molecular complexity index is 786. The second-order valence-electron chi connectivity index (χ2n) is 4.40. The molecule has 0 aliphatic carbocycles. The van der Waals surface area contributed by atoms with Gasteiger partial charge in [0.25, 0.3) is 0 Å². The van der Waals surface area contributed by atoms with Crippen LogP contribution in [0.2, 0.25) is 0 Å². The number of nitrogen functional groups attached to an aromatic ring is 1. The minimum atomic E-state index is -3.21. The third kappa shape index (κ3) is 3.83. The molecule has 0 fully saturated rings. The summed E-state index contributed by atoms with van der Waals surface area (Å²) in [5, 5.41) is 7.40. The van der Waals surface area contributed by atoms with Crippen LogP contribution in [0.1, 0.15) is 5.56 Å². The Labute approximate surface area is 131 Å². The lowest BCUT2D eigenvalue weighted by molar-refractivity contribution is 0.482. The Morgan fingerprint density at radius 1 is 1.14 bits per heavy atom. The van der Waals surface area contributed by atoms with Gasteiger partial charge in [0.2, 0.25) is 0 Å². The standard InChI is InChI=1S/C14H13BrN2O3S/c1-21(18,19)11-5-2-9(3-6-11)20-10-4-7-12(14(16)17)13(15)8-10/h2-8H,1H3,(H3,16,17). The quantitative estimate of drug-likeness (QED) is 0.640. The van der Waals surface area contributed by atoms with Crippen molar-refractivity contribution in [2.24, 2.45) is 5.73 Å². The minimum Gasteiger partial charge on any atom is -0.457 e. The number of rotatable bonds is 4. The van der Waals surface area contributed by atoms with Gasteiger partial charge in [-0.1, -0.05) is 0 Å². The molecule has 0 unspecified atom stereocenters. The predicted molar refractivity (Wildman–Crippen MR) is 84.8 cm³/mol. The third-order valence-electron chi connectivity index (χ3n) is 2.72. The van der Waals surface area contributed by atoms with Crippen LogP contribution < -0.4 is 10.5 Å². The highest BCUT2D eigenvalue weighted by Gasteiger charge is 2.08. The van der Waals surface area contributed by atoms with Crippen LogP contribution in [0.5, 0.6) is 11.5 Å². The van der Waals surface area contributed by atoms with E-state index >= 15 is 0 Å². The van der Waals surface area contributed by atoms with E-state index in [9.17, 15) is 8.42 Å². The first-order valence-corrected chi connectivity index (χ1v) is 8.58. The summed E-state index contributed by atoms with van der Waals surface area (Å²) >= 11 is 3.32. The number of ether oxygens (including phenoxy) is 1. The SMILES string of the molecule is CS(=O)(=O)c1ccc(Oc2ccc(C(=N)N)c(Br)c2)cc1. The molecule has 0 radical (unpaired) electrons. The molecule has 21 heavy (non-hydrogen) atoms. The molecule has 0 spiro atoms. The van der Waals surface area contributed by atoms with E-state index in [2.05, 4.69) is 15.9 Å². The molecule has 0 aliphatic rings. The van der Waals surface area contributed by atoms with Gasteiger partial charge >= 0.3 is 0 Å². The van der Waals surface area contributed by atoms with Gasteiger partial charge in [-0.2, -0.15) is 0 Å². The molecule has 0 saturated carbocycles. The maximum Gasteiger partial charge on any atom is 0.175 e. The molecule has 0 atom stereocenters. The Morgan fingerprint density at radius 3 is 2.19 bits per heavy atom. The van der Waals surface area contributed by atoms with Crippen LogP contribution in [0.25, 0.3) is 0 Å². The number of halogens is 1. The van der Waals surface area contributed by atoms with Crippen LogP contribution >= 0.6 is 15.9 Å². The third-order valence-corrected chi connectivity index (χ3v) is 4.50. The summed E-state index contributed by atoms with van der Waals surface area (Å²) in [5.74, 6) is 1.04. The van der Waals surface area contributed by atoms with Crippen LogP contribution in [0.3, 0.4) is 0 Å². The van der Waals surface area contributed by atoms with Gasteiger partial charge < -0.3 is 10.5 Å². The van der Waals surface area contributed by atoms with Crippen LogP contribution in [0.15, 0.2) is 51.8 Å². The van der Waals surface area contributed by atoms with E-state index in [4.69, 9.17) is 15.9 Å². The molecule has 3 N–H and O–H groups in total. The molecular weight excluding hydrogens is 356 g/mol. The lowest BCUT2D eigenvalue weighted by atomic mass is 10.2. The molecule has 7 heteroatoms. The van der Waals surface area contributed by atoms with Crippen molar-refractivity contribution >= 4 is 31.6 Å². The molecular formula is C14H13BrN2O3S. The van der Waals surface area contributed by atoms with Crippen molar-refractivity contribution in [1.82, 2.24) is 0 Å². The molecule has 2 aromatic carbocycles. The van der Waals surface area contributed by atoms with E-state index in [1.807, 2.05) is 0 Å². The predicted octanol–water partition coefficient (Wildman–Crippen LogP) is 2.93. The van der Waals surface area contributed by atoms with Crippen molar-refractivity contribution < 1.29 is 13.2 Å². The van der Waals surface area contributed by atoms with Gasteiger partial charge in [0, 0.05) is 16.3 Å². The first kappa shape index (κ1) is 15.5. The van der Waals surface area contributed by atoms with E-state index in [0.717, 1.165) is 6.26 Å². The molecule has 110 valence electrons. The zero-order valence-electron chi connectivity index (χ0n) is 11.1. The van der Waals surface area contributed by atoms with Crippen LogP contribution in [-0.2, 0) is 9.84 Å². The van der Waals surface area contributed by atoms with Crippen molar-refractivity contribution in [3.05, 3.63) is 52.5 Å². The lowest BCUT2D eigenvalue weighted by Gasteiger charge is -2.09. The van der Waals surface area contributed by atoms with E-state index < -0.39 is 9.84 Å². The highest BCUT2D eigenvalue weighted by atomic mass is 79.9. The van der Waals surface area contributed by atoms with E-state index in [1.54, 1.807) is 30.3 Å². The average Bonchev–Trinajstić information content (AvgIpc) is 2.38. The summed E-state index contributed by atoms with van der Waals surface area (Å²) < 4.78 is 29.0. The van der Waals surface area contributed by atoms with Crippen molar-refractivity contribution in [2.45, 2.75) is 4.90 Å². The maximum absolute atomic E-state index is 11.4. The van der Waals surface area contributed by atoms with Crippen molar-refractivity contribution in [1.29, 1.82) is 5.41 Å². The molecule has 0 amide bonds. The Hall–Kier alpha value is -1.86.